The second-order valence-electron chi connectivity index (χ2n) is 5.31. The number of rotatable bonds is 8. The van der Waals surface area contributed by atoms with Gasteiger partial charge in [-0.2, -0.15) is 0 Å². The molecule has 124 valence electrons. The average molecular weight is 335 g/mol. The lowest BCUT2D eigenvalue weighted by Crippen LogP contribution is -2.06. The van der Waals surface area contributed by atoms with Crippen LogP contribution in [0.1, 0.15) is 24.5 Å². The minimum atomic E-state index is 0.577. The molecule has 0 spiro atoms. The lowest BCUT2D eigenvalue weighted by atomic mass is 10.1. The van der Waals surface area contributed by atoms with Crippen LogP contribution in [-0.4, -0.2) is 20.3 Å². The molecular formula is C19H23ClO3. The van der Waals surface area contributed by atoms with Gasteiger partial charge < -0.3 is 14.2 Å². The summed E-state index contributed by atoms with van der Waals surface area (Å²) in [6, 6.07) is 11.7. The van der Waals surface area contributed by atoms with Crippen molar-refractivity contribution in [3.8, 4) is 17.2 Å². The maximum atomic E-state index is 6.10. The van der Waals surface area contributed by atoms with Gasteiger partial charge in [0.15, 0.2) is 11.5 Å². The number of hydrogen-bond donors (Lipinski definition) is 0. The highest BCUT2D eigenvalue weighted by molar-refractivity contribution is 6.31. The summed E-state index contributed by atoms with van der Waals surface area (Å²) in [7, 11) is 1.65. The summed E-state index contributed by atoms with van der Waals surface area (Å²) in [6.45, 7) is 5.28. The molecule has 2 aromatic rings. The summed E-state index contributed by atoms with van der Waals surface area (Å²) in [5.41, 5.74) is 2.25. The van der Waals surface area contributed by atoms with Crippen LogP contribution in [0.3, 0.4) is 0 Å². The van der Waals surface area contributed by atoms with Crippen molar-refractivity contribution in [2.45, 2.75) is 26.7 Å². The molecule has 0 amide bonds. The number of benzene rings is 2. The van der Waals surface area contributed by atoms with Crippen molar-refractivity contribution in [1.82, 2.24) is 0 Å². The van der Waals surface area contributed by atoms with Crippen LogP contribution in [0.5, 0.6) is 17.2 Å². The monoisotopic (exact) mass is 334 g/mol. The van der Waals surface area contributed by atoms with E-state index in [2.05, 4.69) is 6.92 Å². The molecule has 0 aliphatic heterocycles. The first-order valence-electron chi connectivity index (χ1n) is 7.82. The predicted molar refractivity (Wildman–Crippen MR) is 94.2 cm³/mol. The SMILES string of the molecule is CCc1cc(OCCCOc2ccc(C)cc2OC)ccc1Cl. The Morgan fingerprint density at radius 1 is 0.957 bits per heavy atom. The van der Waals surface area contributed by atoms with Crippen molar-refractivity contribution in [3.05, 3.63) is 52.5 Å². The molecule has 2 aromatic carbocycles. The van der Waals surface area contributed by atoms with Crippen LogP contribution in [0.15, 0.2) is 36.4 Å². The van der Waals surface area contributed by atoms with Crippen LogP contribution in [-0.2, 0) is 6.42 Å². The molecule has 0 fully saturated rings. The number of aryl methyl sites for hydroxylation is 2. The summed E-state index contributed by atoms with van der Waals surface area (Å²) in [5, 5.41) is 0.787. The third-order valence-electron chi connectivity index (χ3n) is 3.53. The summed E-state index contributed by atoms with van der Waals surface area (Å²) in [5.74, 6) is 2.37. The molecule has 0 saturated carbocycles. The largest absolute Gasteiger partial charge is 0.493 e. The van der Waals surface area contributed by atoms with Gasteiger partial charge in [-0.15, -0.1) is 0 Å². The molecule has 2 rings (SSSR count). The van der Waals surface area contributed by atoms with E-state index in [1.165, 1.54) is 0 Å². The van der Waals surface area contributed by atoms with Crippen molar-refractivity contribution in [1.29, 1.82) is 0 Å². The van der Waals surface area contributed by atoms with Gasteiger partial charge in [0, 0.05) is 11.4 Å². The number of halogens is 1. The predicted octanol–water partition coefficient (Wildman–Crippen LogP) is 5.07. The molecule has 0 aromatic heterocycles. The summed E-state index contributed by atoms with van der Waals surface area (Å²) in [4.78, 5) is 0. The van der Waals surface area contributed by atoms with Gasteiger partial charge in [0.1, 0.15) is 5.75 Å². The molecule has 4 heteroatoms. The topological polar surface area (TPSA) is 27.7 Å². The lowest BCUT2D eigenvalue weighted by Gasteiger charge is -2.12. The van der Waals surface area contributed by atoms with E-state index in [-0.39, 0.29) is 0 Å². The molecule has 0 radical (unpaired) electrons. The molecular weight excluding hydrogens is 312 g/mol. The van der Waals surface area contributed by atoms with E-state index >= 15 is 0 Å². The second-order valence-corrected chi connectivity index (χ2v) is 5.72. The van der Waals surface area contributed by atoms with Gasteiger partial charge in [-0.25, -0.2) is 0 Å². The Morgan fingerprint density at radius 2 is 1.74 bits per heavy atom. The first-order valence-corrected chi connectivity index (χ1v) is 8.20. The summed E-state index contributed by atoms with van der Waals surface area (Å²) < 4.78 is 16.8. The van der Waals surface area contributed by atoms with Gasteiger partial charge in [-0.3, -0.25) is 0 Å². The van der Waals surface area contributed by atoms with Crippen LogP contribution in [0.25, 0.3) is 0 Å². The van der Waals surface area contributed by atoms with E-state index in [9.17, 15) is 0 Å². The fraction of sp³-hybridized carbons (Fsp3) is 0.368. The standard InChI is InChI=1S/C19H23ClO3/c1-4-15-13-16(7-8-17(15)20)22-10-5-11-23-18-9-6-14(2)12-19(18)21-3/h6-9,12-13H,4-5,10-11H2,1-3H3. The lowest BCUT2D eigenvalue weighted by molar-refractivity contribution is 0.240. The minimum Gasteiger partial charge on any atom is -0.493 e. The number of hydrogen-bond acceptors (Lipinski definition) is 3. The number of ether oxygens (including phenoxy) is 3. The molecule has 0 N–H and O–H groups in total. The Kier molecular flexibility index (Phi) is 6.60. The second kappa shape index (κ2) is 8.68. The molecule has 3 nitrogen and oxygen atoms in total. The van der Waals surface area contributed by atoms with Gasteiger partial charge in [0.05, 0.1) is 20.3 Å². The van der Waals surface area contributed by atoms with E-state index in [0.29, 0.717) is 13.2 Å². The molecule has 0 aliphatic carbocycles. The van der Waals surface area contributed by atoms with Crippen LogP contribution in [0, 0.1) is 6.92 Å². The fourth-order valence-corrected chi connectivity index (χ4v) is 2.49. The Balaban J connectivity index is 1.78. The third-order valence-corrected chi connectivity index (χ3v) is 3.90. The zero-order chi connectivity index (χ0) is 16.7. The van der Waals surface area contributed by atoms with Crippen molar-refractivity contribution in [2.24, 2.45) is 0 Å². The molecule has 0 saturated heterocycles. The van der Waals surface area contributed by atoms with Crippen molar-refractivity contribution in [3.63, 3.8) is 0 Å². The van der Waals surface area contributed by atoms with Gasteiger partial charge in [-0.05, 0) is 54.8 Å². The molecule has 23 heavy (non-hydrogen) atoms. The summed E-state index contributed by atoms with van der Waals surface area (Å²) >= 11 is 6.10. The Morgan fingerprint density at radius 3 is 2.48 bits per heavy atom. The molecule has 0 bridgehead atoms. The van der Waals surface area contributed by atoms with Gasteiger partial charge in [-0.1, -0.05) is 24.6 Å². The van der Waals surface area contributed by atoms with E-state index in [0.717, 1.165) is 46.2 Å². The van der Waals surface area contributed by atoms with Gasteiger partial charge in [0.2, 0.25) is 0 Å². The highest BCUT2D eigenvalue weighted by Crippen LogP contribution is 2.28. The average Bonchev–Trinajstić information content (AvgIpc) is 2.57. The van der Waals surface area contributed by atoms with Crippen LogP contribution >= 0.6 is 11.6 Å². The van der Waals surface area contributed by atoms with Crippen molar-refractivity contribution in [2.75, 3.05) is 20.3 Å². The molecule has 0 aliphatic rings. The van der Waals surface area contributed by atoms with Gasteiger partial charge in [0.25, 0.3) is 0 Å². The van der Waals surface area contributed by atoms with Crippen LogP contribution in [0.2, 0.25) is 5.02 Å². The number of methoxy groups -OCH3 is 1. The van der Waals surface area contributed by atoms with Crippen LogP contribution in [0.4, 0.5) is 0 Å². The van der Waals surface area contributed by atoms with Gasteiger partial charge >= 0.3 is 0 Å². The smallest absolute Gasteiger partial charge is 0.161 e. The Bertz CT molecular complexity index is 641. The first-order chi connectivity index (χ1) is 11.1. The minimum absolute atomic E-state index is 0.577. The van der Waals surface area contributed by atoms with E-state index < -0.39 is 0 Å². The van der Waals surface area contributed by atoms with Crippen molar-refractivity contribution >= 4 is 11.6 Å². The highest BCUT2D eigenvalue weighted by atomic mass is 35.5. The quantitative estimate of drug-likeness (QED) is 0.631. The Hall–Kier alpha value is -1.87. The molecule has 0 atom stereocenters. The first kappa shape index (κ1) is 17.5. The highest BCUT2D eigenvalue weighted by Gasteiger charge is 2.04. The normalized spacial score (nSPS) is 10.4. The van der Waals surface area contributed by atoms with Crippen molar-refractivity contribution < 1.29 is 14.2 Å². The van der Waals surface area contributed by atoms with E-state index in [1.54, 1.807) is 7.11 Å². The van der Waals surface area contributed by atoms with Crippen LogP contribution < -0.4 is 14.2 Å². The maximum absolute atomic E-state index is 6.10. The molecule has 0 heterocycles. The molecule has 0 unspecified atom stereocenters. The third kappa shape index (κ3) is 5.07. The fourth-order valence-electron chi connectivity index (χ4n) is 2.24. The zero-order valence-corrected chi connectivity index (χ0v) is 14.7. The maximum Gasteiger partial charge on any atom is 0.161 e. The zero-order valence-electron chi connectivity index (χ0n) is 13.9. The Labute approximate surface area is 143 Å². The van der Waals surface area contributed by atoms with E-state index in [1.807, 2.05) is 43.3 Å². The van der Waals surface area contributed by atoms with E-state index in [4.69, 9.17) is 25.8 Å². The summed E-state index contributed by atoms with van der Waals surface area (Å²) in [6.07, 6.45) is 1.69.